The second-order valence-electron chi connectivity index (χ2n) is 5.56. The summed E-state index contributed by atoms with van der Waals surface area (Å²) in [5.74, 6) is 0. The van der Waals surface area contributed by atoms with Crippen LogP contribution in [-0.2, 0) is 11.6 Å². The van der Waals surface area contributed by atoms with Crippen LogP contribution in [0.2, 0.25) is 0 Å². The van der Waals surface area contributed by atoms with Gasteiger partial charge >= 0.3 is 6.18 Å². The first-order valence-electron chi connectivity index (χ1n) is 6.18. The summed E-state index contributed by atoms with van der Waals surface area (Å²) >= 11 is 1.13. The van der Waals surface area contributed by atoms with Gasteiger partial charge in [0.25, 0.3) is 0 Å². The Morgan fingerprint density at radius 1 is 1.22 bits per heavy atom. The van der Waals surface area contributed by atoms with Gasteiger partial charge in [-0.15, -0.1) is 0 Å². The Hall–Kier alpha value is -0.550. The number of halogens is 3. The zero-order valence-electron chi connectivity index (χ0n) is 10.6. The topological polar surface area (TPSA) is 12.0 Å². The summed E-state index contributed by atoms with van der Waals surface area (Å²) in [4.78, 5) is 0. The van der Waals surface area contributed by atoms with E-state index < -0.39 is 17.2 Å². The van der Waals surface area contributed by atoms with Crippen molar-refractivity contribution in [1.82, 2.24) is 5.32 Å². The van der Waals surface area contributed by atoms with Crippen molar-refractivity contribution in [3.63, 3.8) is 0 Å². The first-order chi connectivity index (χ1) is 8.31. The first-order valence-corrected chi connectivity index (χ1v) is 7.12. The van der Waals surface area contributed by atoms with Gasteiger partial charge in [0.15, 0.2) is 0 Å². The van der Waals surface area contributed by atoms with Crippen LogP contribution in [0.15, 0.2) is 10.8 Å². The fourth-order valence-corrected chi connectivity index (χ4v) is 3.10. The fourth-order valence-electron chi connectivity index (χ4n) is 2.05. The van der Waals surface area contributed by atoms with Gasteiger partial charge in [-0.3, -0.25) is 0 Å². The normalized spacial score (nSPS) is 17.2. The van der Waals surface area contributed by atoms with Crippen molar-refractivity contribution < 1.29 is 13.2 Å². The van der Waals surface area contributed by atoms with Crippen molar-refractivity contribution in [2.24, 2.45) is 0 Å². The van der Waals surface area contributed by atoms with Crippen LogP contribution in [0, 0.1) is 0 Å². The number of nitrogens with one attached hydrogen (secondary N) is 1. The minimum Gasteiger partial charge on any atom is -0.314 e. The average Bonchev–Trinajstić information content (AvgIpc) is 2.91. The number of thiophene rings is 1. The third-order valence-corrected chi connectivity index (χ3v) is 4.20. The van der Waals surface area contributed by atoms with Gasteiger partial charge in [-0.1, -0.05) is 13.8 Å². The molecule has 1 heterocycles. The SMILES string of the molecule is CC(C)(CCNC1CC1)c1cscc1C(F)(F)F. The van der Waals surface area contributed by atoms with Gasteiger partial charge in [0.2, 0.25) is 0 Å². The van der Waals surface area contributed by atoms with Crippen LogP contribution in [0.1, 0.15) is 44.2 Å². The van der Waals surface area contributed by atoms with Gasteiger partial charge in [-0.2, -0.15) is 24.5 Å². The lowest BCUT2D eigenvalue weighted by Gasteiger charge is -2.26. The molecule has 1 saturated carbocycles. The Kier molecular flexibility index (Phi) is 3.74. The maximum absolute atomic E-state index is 12.9. The highest BCUT2D eigenvalue weighted by molar-refractivity contribution is 7.08. The molecule has 1 aromatic heterocycles. The van der Waals surface area contributed by atoms with Crippen molar-refractivity contribution in [3.8, 4) is 0 Å². The molecule has 0 bridgehead atoms. The molecule has 1 fully saturated rings. The molecule has 1 nitrogen and oxygen atoms in total. The molecule has 0 unspecified atom stereocenters. The first kappa shape index (κ1) is 13.9. The van der Waals surface area contributed by atoms with E-state index in [4.69, 9.17) is 0 Å². The minimum absolute atomic E-state index is 0.428. The van der Waals surface area contributed by atoms with Gasteiger partial charge in [-0.05, 0) is 42.2 Å². The third kappa shape index (κ3) is 3.26. The number of alkyl halides is 3. The van der Waals surface area contributed by atoms with Gasteiger partial charge in [0.05, 0.1) is 5.56 Å². The zero-order chi connectivity index (χ0) is 13.4. The molecular formula is C13H18F3NS. The van der Waals surface area contributed by atoms with Gasteiger partial charge in [-0.25, -0.2) is 0 Å². The summed E-state index contributed by atoms with van der Waals surface area (Å²) in [5.41, 5.74) is -0.478. The Balaban J connectivity index is 2.05. The molecule has 2 rings (SSSR count). The second kappa shape index (κ2) is 4.85. The Bertz CT molecular complexity index is 405. The second-order valence-corrected chi connectivity index (χ2v) is 6.30. The van der Waals surface area contributed by atoms with Crippen LogP contribution in [0.4, 0.5) is 13.2 Å². The third-order valence-electron chi connectivity index (χ3n) is 3.46. The van der Waals surface area contributed by atoms with Crippen LogP contribution >= 0.6 is 11.3 Å². The highest BCUT2D eigenvalue weighted by atomic mass is 32.1. The van der Waals surface area contributed by atoms with Crippen LogP contribution in [0.25, 0.3) is 0 Å². The van der Waals surface area contributed by atoms with Crippen LogP contribution in [0.3, 0.4) is 0 Å². The summed E-state index contributed by atoms with van der Waals surface area (Å²) < 4.78 is 38.6. The van der Waals surface area contributed by atoms with E-state index in [2.05, 4.69) is 5.32 Å². The average molecular weight is 277 g/mol. The van der Waals surface area contributed by atoms with E-state index in [1.165, 1.54) is 18.2 Å². The minimum atomic E-state index is -4.24. The maximum Gasteiger partial charge on any atom is 0.417 e. The molecule has 18 heavy (non-hydrogen) atoms. The lowest BCUT2D eigenvalue weighted by Crippen LogP contribution is -2.28. The Morgan fingerprint density at radius 2 is 1.83 bits per heavy atom. The summed E-state index contributed by atoms with van der Waals surface area (Å²) in [6, 6.07) is 0.602. The summed E-state index contributed by atoms with van der Waals surface area (Å²) in [6.07, 6.45) is -1.11. The van der Waals surface area contributed by atoms with Crippen molar-refractivity contribution in [2.45, 2.75) is 50.7 Å². The van der Waals surface area contributed by atoms with E-state index in [9.17, 15) is 13.2 Å². The van der Waals surface area contributed by atoms with Crippen molar-refractivity contribution in [3.05, 3.63) is 21.9 Å². The van der Waals surface area contributed by atoms with Crippen LogP contribution in [0.5, 0.6) is 0 Å². The lowest BCUT2D eigenvalue weighted by atomic mass is 9.81. The van der Waals surface area contributed by atoms with Crippen LogP contribution < -0.4 is 5.32 Å². The molecule has 0 spiro atoms. The van der Waals surface area contributed by atoms with Crippen LogP contribution in [-0.4, -0.2) is 12.6 Å². The van der Waals surface area contributed by atoms with E-state index in [0.29, 0.717) is 11.6 Å². The van der Waals surface area contributed by atoms with E-state index in [-0.39, 0.29) is 0 Å². The van der Waals surface area contributed by atoms with Crippen molar-refractivity contribution in [1.29, 1.82) is 0 Å². The Morgan fingerprint density at radius 3 is 2.39 bits per heavy atom. The summed E-state index contributed by atoms with van der Waals surface area (Å²) in [6.45, 7) is 4.56. The molecule has 0 saturated heterocycles. The fraction of sp³-hybridized carbons (Fsp3) is 0.692. The predicted octanol–water partition coefficient (Wildman–Crippen LogP) is 4.19. The zero-order valence-corrected chi connectivity index (χ0v) is 11.4. The van der Waals surface area contributed by atoms with Crippen molar-refractivity contribution in [2.75, 3.05) is 6.54 Å². The molecule has 1 aliphatic rings. The maximum atomic E-state index is 12.9. The van der Waals surface area contributed by atoms with Gasteiger partial charge in [0, 0.05) is 11.4 Å². The van der Waals surface area contributed by atoms with E-state index in [1.807, 2.05) is 13.8 Å². The summed E-state index contributed by atoms with van der Waals surface area (Å²) in [5, 5.41) is 6.21. The highest BCUT2D eigenvalue weighted by Gasteiger charge is 2.38. The molecule has 0 radical (unpaired) electrons. The molecular weight excluding hydrogens is 259 g/mol. The number of hydrogen-bond donors (Lipinski definition) is 1. The molecule has 0 amide bonds. The highest BCUT2D eigenvalue weighted by Crippen LogP contribution is 2.41. The van der Waals surface area contributed by atoms with E-state index >= 15 is 0 Å². The van der Waals surface area contributed by atoms with E-state index in [0.717, 1.165) is 24.3 Å². The Labute approximate surface area is 109 Å². The number of hydrogen-bond acceptors (Lipinski definition) is 2. The molecule has 0 atom stereocenters. The van der Waals surface area contributed by atoms with E-state index in [1.54, 1.807) is 5.38 Å². The predicted molar refractivity (Wildman–Crippen MR) is 68.0 cm³/mol. The molecule has 1 aliphatic carbocycles. The quantitative estimate of drug-likeness (QED) is 0.851. The largest absolute Gasteiger partial charge is 0.417 e. The molecule has 0 aromatic carbocycles. The smallest absolute Gasteiger partial charge is 0.314 e. The molecule has 102 valence electrons. The number of rotatable bonds is 5. The monoisotopic (exact) mass is 277 g/mol. The lowest BCUT2D eigenvalue weighted by molar-refractivity contribution is -0.138. The van der Waals surface area contributed by atoms with Crippen molar-refractivity contribution >= 4 is 11.3 Å². The molecule has 5 heteroatoms. The standard InChI is InChI=1S/C13H18F3NS/c1-12(2,5-6-17-9-3-4-9)10-7-18-8-11(10)13(14,15)16/h7-9,17H,3-6H2,1-2H3. The summed E-state index contributed by atoms with van der Waals surface area (Å²) in [7, 11) is 0. The molecule has 0 aliphatic heterocycles. The molecule has 1 aromatic rings. The molecule has 1 N–H and O–H groups in total. The van der Waals surface area contributed by atoms with Gasteiger partial charge in [0.1, 0.15) is 0 Å². The van der Waals surface area contributed by atoms with Gasteiger partial charge < -0.3 is 5.32 Å².